The molecule has 1 saturated carbocycles. The van der Waals surface area contributed by atoms with Gasteiger partial charge in [-0.3, -0.25) is 9.88 Å². The van der Waals surface area contributed by atoms with Crippen molar-refractivity contribution < 1.29 is 13.9 Å². The summed E-state index contributed by atoms with van der Waals surface area (Å²) >= 11 is 0. The molecule has 2 fully saturated rings. The third kappa shape index (κ3) is 4.35. The van der Waals surface area contributed by atoms with Crippen molar-refractivity contribution in [2.45, 2.75) is 38.5 Å². The Bertz CT molecular complexity index is 1130. The maximum atomic E-state index is 14.0. The van der Waals surface area contributed by atoms with Crippen LogP contribution in [0.25, 0.3) is 11.0 Å². The third-order valence-electron chi connectivity index (χ3n) is 6.20. The highest BCUT2D eigenvalue weighted by molar-refractivity contribution is 5.80. The van der Waals surface area contributed by atoms with E-state index in [1.54, 1.807) is 6.20 Å². The van der Waals surface area contributed by atoms with Crippen LogP contribution in [-0.2, 0) is 6.54 Å². The maximum absolute atomic E-state index is 14.0. The molecule has 0 unspecified atom stereocenters. The molecule has 2 aliphatic rings. The normalized spacial score (nSPS) is 21.6. The molecule has 0 amide bonds. The van der Waals surface area contributed by atoms with E-state index in [1.165, 1.54) is 12.1 Å². The number of halogens is 2. The highest BCUT2D eigenvalue weighted by Gasteiger charge is 2.30. The number of aliphatic hydroxyl groups excluding tert-OH is 1. The fourth-order valence-corrected chi connectivity index (χ4v) is 4.28. The first-order valence-corrected chi connectivity index (χ1v) is 10.9. The fourth-order valence-electron chi connectivity index (χ4n) is 4.28. The SMILES string of the molecule is Cc1cc2nc(N[C@H]3C[C@@H](O)C3)c(N3CCN(Cc4ccc(F)cc4F)CC3)nc2cn1. The van der Waals surface area contributed by atoms with Gasteiger partial charge >= 0.3 is 0 Å². The van der Waals surface area contributed by atoms with Crippen LogP contribution in [0.1, 0.15) is 24.1 Å². The zero-order valence-electron chi connectivity index (χ0n) is 17.9. The van der Waals surface area contributed by atoms with Crippen LogP contribution in [0.4, 0.5) is 20.4 Å². The molecule has 5 rings (SSSR count). The number of benzene rings is 1. The van der Waals surface area contributed by atoms with Gasteiger partial charge in [0, 0.05) is 56.1 Å². The summed E-state index contributed by atoms with van der Waals surface area (Å²) in [6.07, 6.45) is 2.88. The minimum Gasteiger partial charge on any atom is -0.393 e. The van der Waals surface area contributed by atoms with Crippen molar-refractivity contribution >= 4 is 22.7 Å². The topological polar surface area (TPSA) is 77.4 Å². The lowest BCUT2D eigenvalue weighted by molar-refractivity contribution is 0.0835. The molecule has 7 nitrogen and oxygen atoms in total. The summed E-state index contributed by atoms with van der Waals surface area (Å²) in [7, 11) is 0. The molecule has 3 aromatic rings. The zero-order chi connectivity index (χ0) is 22.2. The van der Waals surface area contributed by atoms with E-state index in [2.05, 4.69) is 20.1 Å². The minimum atomic E-state index is -0.561. The standard InChI is InChI=1S/C23H26F2N6O/c1-14-8-20-21(12-26-14)29-23(22(28-20)27-17-10-18(32)11-17)31-6-4-30(5-7-31)13-15-2-3-16(24)9-19(15)25/h2-3,8-9,12,17-18,32H,4-7,10-11,13H2,1H3,(H,27,28)/t17-,18+. The molecule has 1 saturated heterocycles. The molecule has 9 heteroatoms. The van der Waals surface area contributed by atoms with Gasteiger partial charge in [0.25, 0.3) is 0 Å². The van der Waals surface area contributed by atoms with Gasteiger partial charge in [-0.2, -0.15) is 0 Å². The summed E-state index contributed by atoms with van der Waals surface area (Å²) in [5.41, 5.74) is 2.90. The number of nitrogens with zero attached hydrogens (tertiary/aromatic N) is 5. The molecule has 2 N–H and O–H groups in total. The third-order valence-corrected chi connectivity index (χ3v) is 6.20. The number of nitrogens with one attached hydrogen (secondary N) is 1. The number of hydrogen-bond donors (Lipinski definition) is 2. The summed E-state index contributed by atoms with van der Waals surface area (Å²) < 4.78 is 27.2. The quantitative estimate of drug-likeness (QED) is 0.632. The summed E-state index contributed by atoms with van der Waals surface area (Å²) in [4.78, 5) is 18.4. The molecule has 1 aromatic carbocycles. The predicted molar refractivity (Wildman–Crippen MR) is 119 cm³/mol. The van der Waals surface area contributed by atoms with Crippen molar-refractivity contribution in [2.24, 2.45) is 0 Å². The first kappa shape index (κ1) is 21.0. The first-order chi connectivity index (χ1) is 15.4. The molecule has 168 valence electrons. The highest BCUT2D eigenvalue weighted by Crippen LogP contribution is 2.30. The Morgan fingerprint density at radius 3 is 2.56 bits per heavy atom. The fraction of sp³-hybridized carbons (Fsp3) is 0.435. The lowest BCUT2D eigenvalue weighted by Crippen LogP contribution is -2.47. The lowest BCUT2D eigenvalue weighted by atomic mass is 9.89. The second-order valence-corrected chi connectivity index (χ2v) is 8.68. The Kier molecular flexibility index (Phi) is 5.60. The molecular weight excluding hydrogens is 414 g/mol. The summed E-state index contributed by atoms with van der Waals surface area (Å²) in [5.74, 6) is 0.426. The van der Waals surface area contributed by atoms with Crippen molar-refractivity contribution in [3.05, 3.63) is 53.4 Å². The van der Waals surface area contributed by atoms with Crippen LogP contribution in [0.2, 0.25) is 0 Å². The number of anilines is 2. The Morgan fingerprint density at radius 1 is 1.06 bits per heavy atom. The van der Waals surface area contributed by atoms with Gasteiger partial charge in [-0.05, 0) is 31.9 Å². The number of aromatic nitrogens is 3. The Morgan fingerprint density at radius 2 is 1.84 bits per heavy atom. The molecular formula is C23H26F2N6O. The van der Waals surface area contributed by atoms with Crippen molar-refractivity contribution in [2.75, 3.05) is 36.4 Å². The number of pyridine rings is 1. The molecule has 2 aromatic heterocycles. The number of piperazine rings is 1. The summed E-state index contributed by atoms with van der Waals surface area (Å²) in [5, 5.41) is 13.1. The monoisotopic (exact) mass is 440 g/mol. The lowest BCUT2D eigenvalue weighted by Gasteiger charge is -2.37. The van der Waals surface area contributed by atoms with Gasteiger partial charge in [0.1, 0.15) is 17.2 Å². The van der Waals surface area contributed by atoms with Gasteiger partial charge < -0.3 is 15.3 Å². The van der Waals surface area contributed by atoms with Crippen molar-refractivity contribution in [3.63, 3.8) is 0 Å². The number of hydrogen-bond acceptors (Lipinski definition) is 7. The molecule has 1 aliphatic heterocycles. The molecule has 3 heterocycles. The molecule has 32 heavy (non-hydrogen) atoms. The van der Waals surface area contributed by atoms with Crippen molar-refractivity contribution in [1.29, 1.82) is 0 Å². The Balaban J connectivity index is 1.34. The minimum absolute atomic E-state index is 0.182. The first-order valence-electron chi connectivity index (χ1n) is 10.9. The maximum Gasteiger partial charge on any atom is 0.172 e. The second kappa shape index (κ2) is 8.55. The zero-order valence-corrected chi connectivity index (χ0v) is 17.9. The predicted octanol–water partition coefficient (Wildman–Crippen LogP) is 2.87. The van der Waals surface area contributed by atoms with Crippen LogP contribution >= 0.6 is 0 Å². The van der Waals surface area contributed by atoms with Gasteiger partial charge in [0.2, 0.25) is 0 Å². The van der Waals surface area contributed by atoms with E-state index in [9.17, 15) is 13.9 Å². The van der Waals surface area contributed by atoms with E-state index in [0.717, 1.165) is 47.5 Å². The molecule has 1 aliphatic carbocycles. The molecule has 0 atom stereocenters. The highest BCUT2D eigenvalue weighted by atomic mass is 19.1. The van der Waals surface area contributed by atoms with Gasteiger partial charge in [-0.1, -0.05) is 6.07 Å². The van der Waals surface area contributed by atoms with Crippen LogP contribution in [-0.4, -0.2) is 63.3 Å². The average molecular weight is 440 g/mol. The van der Waals surface area contributed by atoms with Crippen LogP contribution in [0.3, 0.4) is 0 Å². The Labute approximate surface area is 185 Å². The Hall–Kier alpha value is -2.91. The van der Waals surface area contributed by atoms with E-state index >= 15 is 0 Å². The van der Waals surface area contributed by atoms with Gasteiger partial charge in [-0.25, -0.2) is 18.7 Å². The summed E-state index contributed by atoms with van der Waals surface area (Å²) in [6, 6.07) is 5.84. The second-order valence-electron chi connectivity index (χ2n) is 8.68. The number of aryl methyl sites for hydroxylation is 1. The van der Waals surface area contributed by atoms with E-state index < -0.39 is 11.6 Å². The molecule has 0 radical (unpaired) electrons. The average Bonchev–Trinajstić information content (AvgIpc) is 2.75. The van der Waals surface area contributed by atoms with E-state index in [4.69, 9.17) is 9.97 Å². The van der Waals surface area contributed by atoms with Crippen LogP contribution in [0, 0.1) is 18.6 Å². The van der Waals surface area contributed by atoms with Gasteiger partial charge in [0.15, 0.2) is 11.6 Å². The van der Waals surface area contributed by atoms with Crippen molar-refractivity contribution in [1.82, 2.24) is 19.9 Å². The number of aliphatic hydroxyl groups is 1. The van der Waals surface area contributed by atoms with Gasteiger partial charge in [-0.15, -0.1) is 0 Å². The van der Waals surface area contributed by atoms with Crippen LogP contribution < -0.4 is 10.2 Å². The van der Waals surface area contributed by atoms with E-state index in [0.29, 0.717) is 38.0 Å². The summed E-state index contributed by atoms with van der Waals surface area (Å²) in [6.45, 7) is 5.24. The van der Waals surface area contributed by atoms with E-state index in [-0.39, 0.29) is 12.1 Å². The van der Waals surface area contributed by atoms with Gasteiger partial charge in [0.05, 0.1) is 17.8 Å². The smallest absolute Gasteiger partial charge is 0.172 e. The number of fused-ring (bicyclic) bond motifs is 1. The largest absolute Gasteiger partial charge is 0.393 e. The molecule has 0 spiro atoms. The van der Waals surface area contributed by atoms with E-state index in [1.807, 2.05) is 13.0 Å². The van der Waals surface area contributed by atoms with Crippen LogP contribution in [0.15, 0.2) is 30.5 Å². The van der Waals surface area contributed by atoms with Crippen molar-refractivity contribution in [3.8, 4) is 0 Å². The number of rotatable bonds is 5. The molecule has 0 bridgehead atoms. The van der Waals surface area contributed by atoms with Crippen LogP contribution in [0.5, 0.6) is 0 Å².